The van der Waals surface area contributed by atoms with Gasteiger partial charge in [-0.15, -0.1) is 0 Å². The van der Waals surface area contributed by atoms with Crippen molar-refractivity contribution >= 4 is 27.3 Å². The number of rotatable bonds is 3. The molecule has 3 heterocycles. The molecular formula is C19H24FN3O5S. The minimum atomic E-state index is -3.75. The molecule has 0 radical (unpaired) electrons. The first-order chi connectivity index (χ1) is 13.7. The fourth-order valence-electron chi connectivity index (χ4n) is 4.22. The summed E-state index contributed by atoms with van der Waals surface area (Å²) in [4.78, 5) is 16.7. The lowest BCUT2D eigenvalue weighted by atomic mass is 9.92. The van der Waals surface area contributed by atoms with Crippen LogP contribution in [0, 0.1) is 5.82 Å². The third-order valence-corrected chi connectivity index (χ3v) is 8.59. The number of carbonyl (C=O) groups excluding carboxylic acids is 1. The normalized spacial score (nSPS) is 33.6. The van der Waals surface area contributed by atoms with Gasteiger partial charge in [0, 0.05) is 24.5 Å². The molecule has 0 aromatic heterocycles. The van der Waals surface area contributed by atoms with Crippen LogP contribution in [-0.2, 0) is 29.6 Å². The number of nitrogens with zero attached hydrogens (tertiary/aromatic N) is 1. The highest BCUT2D eigenvalue weighted by Crippen LogP contribution is 2.41. The third-order valence-electron chi connectivity index (χ3n) is 5.92. The Kier molecular flexibility index (Phi) is 4.91. The second-order valence-corrected chi connectivity index (χ2v) is 10.3. The highest BCUT2D eigenvalue weighted by molar-refractivity contribution is 7.93. The smallest absolute Gasteiger partial charge is 0.253 e. The Morgan fingerprint density at radius 3 is 2.79 bits per heavy atom. The summed E-state index contributed by atoms with van der Waals surface area (Å²) < 4.78 is 50.2. The van der Waals surface area contributed by atoms with Crippen LogP contribution in [0.3, 0.4) is 0 Å². The van der Waals surface area contributed by atoms with E-state index in [0.717, 1.165) is 6.42 Å². The van der Waals surface area contributed by atoms with Gasteiger partial charge in [-0.1, -0.05) is 0 Å². The van der Waals surface area contributed by atoms with Crippen molar-refractivity contribution in [2.24, 2.45) is 10.7 Å². The summed E-state index contributed by atoms with van der Waals surface area (Å²) >= 11 is 0. The first-order valence-electron chi connectivity index (χ1n) is 9.55. The van der Waals surface area contributed by atoms with Gasteiger partial charge < -0.3 is 20.5 Å². The van der Waals surface area contributed by atoms with Gasteiger partial charge in [0.2, 0.25) is 0 Å². The number of amidine groups is 1. The number of hydrogen-bond donors (Lipinski definition) is 2. The minimum Gasteiger partial charge on any atom is -0.386 e. The van der Waals surface area contributed by atoms with Crippen molar-refractivity contribution in [3.8, 4) is 0 Å². The molecule has 3 aliphatic heterocycles. The van der Waals surface area contributed by atoms with Crippen LogP contribution in [0.5, 0.6) is 0 Å². The van der Waals surface area contributed by atoms with E-state index in [0.29, 0.717) is 18.7 Å². The van der Waals surface area contributed by atoms with E-state index in [1.807, 2.05) is 0 Å². The zero-order valence-corrected chi connectivity index (χ0v) is 16.9. The van der Waals surface area contributed by atoms with Crippen molar-refractivity contribution in [2.45, 2.75) is 42.6 Å². The number of halogens is 1. The second kappa shape index (κ2) is 7.03. The molecule has 1 aromatic rings. The van der Waals surface area contributed by atoms with Gasteiger partial charge >= 0.3 is 0 Å². The topological polar surface area (TPSA) is 120 Å². The molecule has 4 rings (SSSR count). The number of aliphatic imine (C=N–C) groups is 1. The number of nitrogens with two attached hydrogens (primary N) is 1. The lowest BCUT2D eigenvalue weighted by Gasteiger charge is -2.39. The molecule has 2 saturated heterocycles. The standard InChI is InChI=1S/C19H24FN3O5S/c1-18(11-29(25,26)19(17(21)23-18)6-8-27-10-19)13-9-12(4-5-14(13)20)22-16(24)15-3-2-7-28-15/h4-5,9,15H,2-3,6-8,10-11H2,1H3,(H2,21,23)(H,22,24)/t15-,18+,19+/m1/s1. The van der Waals surface area contributed by atoms with Crippen molar-refractivity contribution in [1.29, 1.82) is 0 Å². The quantitative estimate of drug-likeness (QED) is 0.748. The van der Waals surface area contributed by atoms with Gasteiger partial charge in [-0.25, -0.2) is 12.8 Å². The van der Waals surface area contributed by atoms with Gasteiger partial charge in [-0.2, -0.15) is 0 Å². The number of nitrogens with one attached hydrogen (secondary N) is 1. The molecule has 3 N–H and O–H groups in total. The summed E-state index contributed by atoms with van der Waals surface area (Å²) in [7, 11) is -3.75. The number of anilines is 1. The van der Waals surface area contributed by atoms with Crippen molar-refractivity contribution in [3.05, 3.63) is 29.6 Å². The Hall–Kier alpha value is -2.04. The minimum absolute atomic E-state index is 0.0410. The maximum atomic E-state index is 14.7. The van der Waals surface area contributed by atoms with Crippen LogP contribution in [0.4, 0.5) is 10.1 Å². The van der Waals surface area contributed by atoms with Crippen molar-refractivity contribution in [1.82, 2.24) is 0 Å². The van der Waals surface area contributed by atoms with Crippen LogP contribution in [0.25, 0.3) is 0 Å². The van der Waals surface area contributed by atoms with Gasteiger partial charge in [0.1, 0.15) is 23.3 Å². The average Bonchev–Trinajstić information content (AvgIpc) is 3.34. The zero-order valence-electron chi connectivity index (χ0n) is 16.1. The lowest BCUT2D eigenvalue weighted by molar-refractivity contribution is -0.124. The maximum absolute atomic E-state index is 14.7. The molecule has 3 atom stereocenters. The Morgan fingerprint density at radius 2 is 2.17 bits per heavy atom. The van der Waals surface area contributed by atoms with Crippen LogP contribution >= 0.6 is 0 Å². The predicted octanol–water partition coefficient (Wildman–Crippen LogP) is 1.10. The van der Waals surface area contributed by atoms with E-state index >= 15 is 0 Å². The summed E-state index contributed by atoms with van der Waals surface area (Å²) in [5.74, 6) is -1.39. The van der Waals surface area contributed by atoms with Gasteiger partial charge in [0.25, 0.3) is 5.91 Å². The number of benzene rings is 1. The van der Waals surface area contributed by atoms with E-state index in [9.17, 15) is 17.6 Å². The van der Waals surface area contributed by atoms with Gasteiger partial charge in [-0.3, -0.25) is 9.79 Å². The van der Waals surface area contributed by atoms with Crippen molar-refractivity contribution in [3.63, 3.8) is 0 Å². The average molecular weight is 425 g/mol. The van der Waals surface area contributed by atoms with E-state index in [-0.39, 0.29) is 36.9 Å². The number of ether oxygens (including phenoxy) is 2. The molecule has 158 valence electrons. The first-order valence-corrected chi connectivity index (χ1v) is 11.2. The van der Waals surface area contributed by atoms with Crippen molar-refractivity contribution in [2.75, 3.05) is 30.9 Å². The number of hydrogen-bond acceptors (Lipinski definition) is 7. The third kappa shape index (κ3) is 3.32. The van der Waals surface area contributed by atoms with Crippen LogP contribution in [0.1, 0.15) is 31.7 Å². The summed E-state index contributed by atoms with van der Waals surface area (Å²) in [5, 5.41) is 2.71. The van der Waals surface area contributed by atoms with E-state index < -0.39 is 37.8 Å². The van der Waals surface area contributed by atoms with Crippen LogP contribution in [0.15, 0.2) is 23.2 Å². The molecule has 1 amide bonds. The van der Waals surface area contributed by atoms with Crippen LogP contribution in [0.2, 0.25) is 0 Å². The van der Waals surface area contributed by atoms with Crippen molar-refractivity contribution < 1.29 is 27.1 Å². The predicted molar refractivity (Wildman–Crippen MR) is 105 cm³/mol. The monoisotopic (exact) mass is 425 g/mol. The molecule has 0 aliphatic carbocycles. The second-order valence-electron chi connectivity index (χ2n) is 8.01. The highest BCUT2D eigenvalue weighted by Gasteiger charge is 2.57. The maximum Gasteiger partial charge on any atom is 0.253 e. The summed E-state index contributed by atoms with van der Waals surface area (Å²) in [5.41, 5.74) is 5.09. The SMILES string of the molecule is C[C@@]1(c2cc(NC(=O)[C@H]3CCCO3)ccc2F)CS(=O)(=O)[C@]2(CCOC2)C(N)=N1. The van der Waals surface area contributed by atoms with E-state index in [1.54, 1.807) is 0 Å². The number of sulfone groups is 1. The summed E-state index contributed by atoms with van der Waals surface area (Å²) in [6, 6.07) is 4.02. The molecule has 0 unspecified atom stereocenters. The fraction of sp³-hybridized carbons (Fsp3) is 0.579. The molecule has 1 aromatic carbocycles. The lowest BCUT2D eigenvalue weighted by Crippen LogP contribution is -2.58. The Morgan fingerprint density at radius 1 is 1.38 bits per heavy atom. The van der Waals surface area contributed by atoms with E-state index in [2.05, 4.69) is 10.3 Å². The molecule has 0 saturated carbocycles. The first kappa shape index (κ1) is 20.2. The Balaban J connectivity index is 1.68. The van der Waals surface area contributed by atoms with Gasteiger partial charge in [0.05, 0.1) is 12.4 Å². The highest BCUT2D eigenvalue weighted by atomic mass is 32.2. The molecule has 8 nitrogen and oxygen atoms in total. The molecule has 0 bridgehead atoms. The molecular weight excluding hydrogens is 401 g/mol. The molecule has 10 heteroatoms. The Labute approximate surface area is 168 Å². The summed E-state index contributed by atoms with van der Waals surface area (Å²) in [6.07, 6.45) is 1.13. The van der Waals surface area contributed by atoms with Crippen LogP contribution in [-0.4, -0.2) is 56.6 Å². The van der Waals surface area contributed by atoms with E-state index in [4.69, 9.17) is 15.2 Å². The molecule has 29 heavy (non-hydrogen) atoms. The molecule has 3 aliphatic rings. The zero-order chi connectivity index (χ0) is 20.9. The molecule has 1 spiro atoms. The van der Waals surface area contributed by atoms with Gasteiger partial charge in [-0.05, 0) is 44.4 Å². The fourth-order valence-corrected chi connectivity index (χ4v) is 6.48. The number of carbonyl (C=O) groups is 1. The number of amides is 1. The largest absolute Gasteiger partial charge is 0.386 e. The Bertz CT molecular complexity index is 968. The summed E-state index contributed by atoms with van der Waals surface area (Å²) in [6.45, 7) is 2.30. The van der Waals surface area contributed by atoms with Crippen LogP contribution < -0.4 is 11.1 Å². The molecule has 2 fully saturated rings. The van der Waals surface area contributed by atoms with E-state index in [1.165, 1.54) is 25.1 Å². The van der Waals surface area contributed by atoms with Gasteiger partial charge in [0.15, 0.2) is 14.6 Å².